The van der Waals surface area contributed by atoms with E-state index in [2.05, 4.69) is 24.3 Å². The summed E-state index contributed by atoms with van der Waals surface area (Å²) in [5.41, 5.74) is 4.86. The highest BCUT2D eigenvalue weighted by molar-refractivity contribution is 5.71. The molecular weight excluding hydrogens is 380 g/mol. The standard InChI is InChI=1S/C28H20N2O/c1-4-10-21(11-5-1)26-20-27(22-12-6-2-7-13-22)30-28(29-26)23-16-18-25(19-17-23)31-24-14-8-3-9-15-24/h1-20H. The van der Waals surface area contributed by atoms with Gasteiger partial charge in [0.05, 0.1) is 11.4 Å². The molecule has 3 heteroatoms. The lowest BCUT2D eigenvalue weighted by Gasteiger charge is -2.10. The lowest BCUT2D eigenvalue weighted by atomic mass is 10.1. The van der Waals surface area contributed by atoms with Gasteiger partial charge in [-0.3, -0.25) is 0 Å². The molecule has 0 amide bonds. The summed E-state index contributed by atoms with van der Waals surface area (Å²) >= 11 is 0. The third-order valence-electron chi connectivity index (χ3n) is 4.96. The summed E-state index contributed by atoms with van der Waals surface area (Å²) in [5, 5.41) is 0. The second-order valence-corrected chi connectivity index (χ2v) is 7.13. The minimum absolute atomic E-state index is 0.687. The molecule has 0 saturated carbocycles. The van der Waals surface area contributed by atoms with Gasteiger partial charge in [-0.25, -0.2) is 9.97 Å². The van der Waals surface area contributed by atoms with Crippen LogP contribution in [0.1, 0.15) is 0 Å². The van der Waals surface area contributed by atoms with Gasteiger partial charge in [0.1, 0.15) is 11.5 Å². The summed E-state index contributed by atoms with van der Waals surface area (Å²) in [4.78, 5) is 9.72. The number of ether oxygens (including phenoxy) is 1. The summed E-state index contributed by atoms with van der Waals surface area (Å²) in [6, 6.07) is 40.1. The molecule has 1 aromatic heterocycles. The Balaban J connectivity index is 1.53. The molecule has 3 nitrogen and oxygen atoms in total. The van der Waals surface area contributed by atoms with Gasteiger partial charge in [0.25, 0.3) is 0 Å². The van der Waals surface area contributed by atoms with Gasteiger partial charge in [0.15, 0.2) is 5.82 Å². The summed E-state index contributed by atoms with van der Waals surface area (Å²) < 4.78 is 5.91. The third kappa shape index (κ3) is 4.36. The number of aromatic nitrogens is 2. The van der Waals surface area contributed by atoms with E-state index in [-0.39, 0.29) is 0 Å². The topological polar surface area (TPSA) is 35.0 Å². The van der Waals surface area contributed by atoms with Crippen LogP contribution in [0.5, 0.6) is 11.5 Å². The van der Waals surface area contributed by atoms with Crippen LogP contribution >= 0.6 is 0 Å². The second-order valence-electron chi connectivity index (χ2n) is 7.13. The van der Waals surface area contributed by atoms with Gasteiger partial charge in [0.2, 0.25) is 0 Å². The van der Waals surface area contributed by atoms with Gasteiger partial charge in [-0.05, 0) is 42.5 Å². The first-order chi connectivity index (χ1) is 15.3. The molecular formula is C28H20N2O. The fourth-order valence-corrected chi connectivity index (χ4v) is 3.39. The quantitative estimate of drug-likeness (QED) is 0.311. The van der Waals surface area contributed by atoms with Crippen molar-refractivity contribution >= 4 is 0 Å². The van der Waals surface area contributed by atoms with Crippen molar-refractivity contribution in [3.63, 3.8) is 0 Å². The minimum Gasteiger partial charge on any atom is -0.457 e. The number of rotatable bonds is 5. The van der Waals surface area contributed by atoms with E-state index >= 15 is 0 Å². The molecule has 4 aromatic carbocycles. The first-order valence-corrected chi connectivity index (χ1v) is 10.2. The van der Waals surface area contributed by atoms with Gasteiger partial charge >= 0.3 is 0 Å². The highest BCUT2D eigenvalue weighted by Crippen LogP contribution is 2.29. The van der Waals surface area contributed by atoms with Crippen LogP contribution in [-0.2, 0) is 0 Å². The molecule has 0 fully saturated rings. The van der Waals surface area contributed by atoms with E-state index in [1.165, 1.54) is 0 Å². The van der Waals surface area contributed by atoms with Crippen LogP contribution in [0.2, 0.25) is 0 Å². The minimum atomic E-state index is 0.687. The van der Waals surface area contributed by atoms with Crippen molar-refractivity contribution in [3.8, 4) is 45.4 Å². The van der Waals surface area contributed by atoms with Crippen LogP contribution in [0, 0.1) is 0 Å². The lowest BCUT2D eigenvalue weighted by Crippen LogP contribution is -1.96. The lowest BCUT2D eigenvalue weighted by molar-refractivity contribution is 0.483. The molecule has 148 valence electrons. The van der Waals surface area contributed by atoms with Crippen molar-refractivity contribution in [1.82, 2.24) is 9.97 Å². The van der Waals surface area contributed by atoms with Crippen LogP contribution in [0.25, 0.3) is 33.9 Å². The summed E-state index contributed by atoms with van der Waals surface area (Å²) in [6.45, 7) is 0. The normalized spacial score (nSPS) is 10.6. The zero-order valence-corrected chi connectivity index (χ0v) is 16.8. The zero-order valence-electron chi connectivity index (χ0n) is 16.8. The number of hydrogen-bond acceptors (Lipinski definition) is 3. The summed E-state index contributed by atoms with van der Waals surface area (Å²) in [5.74, 6) is 2.27. The van der Waals surface area contributed by atoms with Crippen LogP contribution in [0.15, 0.2) is 121 Å². The molecule has 5 aromatic rings. The predicted octanol–water partition coefficient (Wildman–Crippen LogP) is 7.27. The Bertz CT molecular complexity index is 1210. The Morgan fingerprint density at radius 2 is 0.871 bits per heavy atom. The average Bonchev–Trinajstić information content (AvgIpc) is 2.86. The van der Waals surface area contributed by atoms with E-state index in [4.69, 9.17) is 14.7 Å². The molecule has 0 N–H and O–H groups in total. The molecule has 0 aliphatic rings. The van der Waals surface area contributed by atoms with Crippen LogP contribution in [0.3, 0.4) is 0 Å². The van der Waals surface area contributed by atoms with E-state index in [0.29, 0.717) is 5.82 Å². The Hall–Kier alpha value is -4.24. The zero-order chi connectivity index (χ0) is 20.9. The Kier molecular flexibility index (Phi) is 5.23. The van der Waals surface area contributed by atoms with Gasteiger partial charge in [-0.2, -0.15) is 0 Å². The molecule has 5 rings (SSSR count). The van der Waals surface area contributed by atoms with E-state index in [1.807, 2.05) is 97.1 Å². The van der Waals surface area contributed by atoms with Crippen LogP contribution in [-0.4, -0.2) is 9.97 Å². The van der Waals surface area contributed by atoms with E-state index < -0.39 is 0 Å². The molecule has 0 atom stereocenters. The molecule has 0 aliphatic carbocycles. The molecule has 0 radical (unpaired) electrons. The van der Waals surface area contributed by atoms with E-state index in [0.717, 1.165) is 39.6 Å². The highest BCUT2D eigenvalue weighted by Gasteiger charge is 2.10. The smallest absolute Gasteiger partial charge is 0.160 e. The van der Waals surface area contributed by atoms with Gasteiger partial charge in [-0.15, -0.1) is 0 Å². The SMILES string of the molecule is c1ccc(Oc2ccc(-c3nc(-c4ccccc4)cc(-c4ccccc4)n3)cc2)cc1. The molecule has 0 saturated heterocycles. The average molecular weight is 400 g/mol. The Morgan fingerprint density at radius 1 is 0.419 bits per heavy atom. The van der Waals surface area contributed by atoms with Crippen molar-refractivity contribution in [1.29, 1.82) is 0 Å². The van der Waals surface area contributed by atoms with Crippen LogP contribution in [0.4, 0.5) is 0 Å². The maximum Gasteiger partial charge on any atom is 0.160 e. The maximum absolute atomic E-state index is 5.91. The van der Waals surface area contributed by atoms with Crippen LogP contribution < -0.4 is 4.74 Å². The number of nitrogens with zero attached hydrogens (tertiary/aromatic N) is 2. The predicted molar refractivity (Wildman–Crippen MR) is 125 cm³/mol. The fourth-order valence-electron chi connectivity index (χ4n) is 3.39. The first-order valence-electron chi connectivity index (χ1n) is 10.2. The summed E-state index contributed by atoms with van der Waals surface area (Å²) in [6.07, 6.45) is 0. The van der Waals surface area contributed by atoms with Crippen molar-refractivity contribution < 1.29 is 4.74 Å². The highest BCUT2D eigenvalue weighted by atomic mass is 16.5. The third-order valence-corrected chi connectivity index (χ3v) is 4.96. The van der Waals surface area contributed by atoms with Crippen molar-refractivity contribution in [2.45, 2.75) is 0 Å². The second kappa shape index (κ2) is 8.64. The molecule has 0 aliphatic heterocycles. The maximum atomic E-state index is 5.91. The van der Waals surface area contributed by atoms with E-state index in [9.17, 15) is 0 Å². The molecule has 1 heterocycles. The molecule has 31 heavy (non-hydrogen) atoms. The fraction of sp³-hybridized carbons (Fsp3) is 0. The molecule has 0 bridgehead atoms. The largest absolute Gasteiger partial charge is 0.457 e. The molecule has 0 spiro atoms. The van der Waals surface area contributed by atoms with Gasteiger partial charge in [0, 0.05) is 16.7 Å². The van der Waals surface area contributed by atoms with Crippen molar-refractivity contribution in [2.24, 2.45) is 0 Å². The number of benzene rings is 4. The monoisotopic (exact) mass is 400 g/mol. The Labute approximate surface area is 181 Å². The van der Waals surface area contributed by atoms with Gasteiger partial charge in [-0.1, -0.05) is 78.9 Å². The number of hydrogen-bond donors (Lipinski definition) is 0. The summed E-state index contributed by atoms with van der Waals surface area (Å²) in [7, 11) is 0. The van der Waals surface area contributed by atoms with E-state index in [1.54, 1.807) is 0 Å². The van der Waals surface area contributed by atoms with Gasteiger partial charge < -0.3 is 4.74 Å². The van der Waals surface area contributed by atoms with Crippen molar-refractivity contribution in [3.05, 3.63) is 121 Å². The first kappa shape index (κ1) is 18.8. The Morgan fingerprint density at radius 3 is 1.39 bits per heavy atom. The number of para-hydroxylation sites is 1. The van der Waals surface area contributed by atoms with Crippen molar-refractivity contribution in [2.75, 3.05) is 0 Å². The molecule has 0 unspecified atom stereocenters.